The molecule has 1 aromatic heterocycles. The van der Waals surface area contributed by atoms with Gasteiger partial charge in [-0.25, -0.2) is 8.42 Å². The van der Waals surface area contributed by atoms with Crippen LogP contribution in [0, 0.1) is 0 Å². The lowest BCUT2D eigenvalue weighted by atomic mass is 10.1. The zero-order valence-corrected chi connectivity index (χ0v) is 21.6. The predicted molar refractivity (Wildman–Crippen MR) is 142 cm³/mol. The van der Waals surface area contributed by atoms with Crippen molar-refractivity contribution < 1.29 is 17.9 Å². The third-order valence-electron chi connectivity index (χ3n) is 5.79. The van der Waals surface area contributed by atoms with Crippen LogP contribution >= 0.6 is 11.6 Å². The maximum atomic E-state index is 13.1. The molecule has 3 aromatic rings. The molecule has 2 heterocycles. The monoisotopic (exact) mass is 528 g/mol. The van der Waals surface area contributed by atoms with Crippen molar-refractivity contribution in [1.82, 2.24) is 15.2 Å². The van der Waals surface area contributed by atoms with E-state index >= 15 is 0 Å². The number of nitrogens with zero attached hydrogens (tertiary/aromatic N) is 2. The molecule has 1 aliphatic heterocycles. The number of pyridine rings is 1. The lowest BCUT2D eigenvalue weighted by Gasteiger charge is -2.27. The number of carbonyl (C=O) groups excluding carboxylic acids is 1. The Morgan fingerprint density at radius 3 is 2.67 bits per heavy atom. The number of nitrogens with one attached hydrogen (secondary N) is 2. The number of aromatic nitrogens is 1. The lowest BCUT2D eigenvalue weighted by Crippen LogP contribution is -2.44. The van der Waals surface area contributed by atoms with Gasteiger partial charge < -0.3 is 15.4 Å². The molecule has 190 valence electrons. The highest BCUT2D eigenvalue weighted by atomic mass is 35.5. The molecule has 0 spiro atoms. The van der Waals surface area contributed by atoms with Gasteiger partial charge in [-0.3, -0.25) is 14.7 Å². The van der Waals surface area contributed by atoms with Crippen LogP contribution in [0.3, 0.4) is 0 Å². The molecule has 2 aromatic carbocycles. The van der Waals surface area contributed by atoms with Crippen molar-refractivity contribution in [3.05, 3.63) is 76.9 Å². The van der Waals surface area contributed by atoms with E-state index in [1.165, 1.54) is 6.26 Å². The van der Waals surface area contributed by atoms with Gasteiger partial charge in [-0.15, -0.1) is 0 Å². The summed E-state index contributed by atoms with van der Waals surface area (Å²) in [6.45, 7) is 4.85. The minimum absolute atomic E-state index is 0.164. The van der Waals surface area contributed by atoms with E-state index in [-0.39, 0.29) is 11.7 Å². The van der Waals surface area contributed by atoms with Crippen LogP contribution in [-0.2, 0) is 15.6 Å². The maximum absolute atomic E-state index is 13.1. The number of hydrogen-bond acceptors (Lipinski definition) is 7. The number of sulfone groups is 1. The number of amides is 1. The van der Waals surface area contributed by atoms with Crippen LogP contribution in [0.25, 0.3) is 11.3 Å². The summed E-state index contributed by atoms with van der Waals surface area (Å²) < 4.78 is 29.9. The van der Waals surface area contributed by atoms with Gasteiger partial charge >= 0.3 is 0 Å². The quantitative estimate of drug-likeness (QED) is 0.438. The van der Waals surface area contributed by atoms with Gasteiger partial charge in [0, 0.05) is 67.6 Å². The fourth-order valence-electron chi connectivity index (χ4n) is 3.98. The Labute approximate surface area is 216 Å². The first-order chi connectivity index (χ1) is 17.3. The SMILES string of the molecule is CS(=O)(=O)Cc1ccc(C(=O)Nc2ccc(Cl)c(-c3ccccn3)c2)cc1OCCN1CCNCC1. The molecule has 0 unspecified atom stereocenters. The number of anilines is 1. The highest BCUT2D eigenvalue weighted by molar-refractivity contribution is 7.89. The molecule has 1 amide bonds. The molecule has 10 heteroatoms. The van der Waals surface area contributed by atoms with Crippen molar-refractivity contribution in [2.75, 3.05) is 50.9 Å². The minimum atomic E-state index is -3.28. The van der Waals surface area contributed by atoms with E-state index in [0.29, 0.717) is 45.5 Å². The summed E-state index contributed by atoms with van der Waals surface area (Å²) in [7, 11) is -3.28. The van der Waals surface area contributed by atoms with Crippen molar-refractivity contribution in [3.63, 3.8) is 0 Å². The van der Waals surface area contributed by atoms with E-state index in [2.05, 4.69) is 20.5 Å². The molecule has 0 atom stereocenters. The van der Waals surface area contributed by atoms with E-state index in [9.17, 15) is 13.2 Å². The van der Waals surface area contributed by atoms with Gasteiger partial charge in [0.25, 0.3) is 5.91 Å². The number of ether oxygens (including phenoxy) is 1. The van der Waals surface area contributed by atoms with E-state index in [1.54, 1.807) is 42.6 Å². The van der Waals surface area contributed by atoms with Gasteiger partial charge in [-0.2, -0.15) is 0 Å². The number of halogens is 1. The van der Waals surface area contributed by atoms with Crippen LogP contribution in [0.4, 0.5) is 5.69 Å². The van der Waals surface area contributed by atoms with Crippen molar-refractivity contribution in [2.24, 2.45) is 0 Å². The van der Waals surface area contributed by atoms with Gasteiger partial charge in [0.2, 0.25) is 0 Å². The van der Waals surface area contributed by atoms with Crippen LogP contribution in [-0.4, -0.2) is 69.8 Å². The van der Waals surface area contributed by atoms with Crippen molar-refractivity contribution in [2.45, 2.75) is 5.75 Å². The molecule has 1 aliphatic rings. The van der Waals surface area contributed by atoms with Gasteiger partial charge in [0.05, 0.1) is 16.5 Å². The standard InChI is InChI=1S/C26H29ClN4O4S/c1-36(33,34)18-20-6-5-19(16-25(20)35-15-14-31-12-10-28-11-13-31)26(32)30-21-7-8-23(27)22(17-21)24-4-2-3-9-29-24/h2-9,16-17,28H,10-15,18H2,1H3,(H,30,32). The van der Waals surface area contributed by atoms with E-state index in [0.717, 1.165) is 32.7 Å². The van der Waals surface area contributed by atoms with Gasteiger partial charge in [-0.1, -0.05) is 23.7 Å². The summed E-state index contributed by atoms with van der Waals surface area (Å²) >= 11 is 6.35. The second-order valence-corrected chi connectivity index (χ2v) is 11.2. The van der Waals surface area contributed by atoms with Gasteiger partial charge in [0.15, 0.2) is 9.84 Å². The van der Waals surface area contributed by atoms with Crippen LogP contribution in [0.5, 0.6) is 5.75 Å². The normalized spacial score (nSPS) is 14.4. The second-order valence-electron chi connectivity index (χ2n) is 8.70. The Kier molecular flexibility index (Phi) is 8.58. The smallest absolute Gasteiger partial charge is 0.255 e. The van der Waals surface area contributed by atoms with E-state index < -0.39 is 9.84 Å². The number of hydrogen-bond donors (Lipinski definition) is 2. The third kappa shape index (κ3) is 7.27. The van der Waals surface area contributed by atoms with Gasteiger partial charge in [-0.05, 0) is 42.5 Å². The highest BCUT2D eigenvalue weighted by Crippen LogP contribution is 2.30. The summed E-state index contributed by atoms with van der Waals surface area (Å²) in [5.41, 5.74) is 2.85. The number of benzene rings is 2. The molecular formula is C26H29ClN4O4S. The third-order valence-corrected chi connectivity index (χ3v) is 6.95. The fraction of sp³-hybridized carbons (Fsp3) is 0.308. The maximum Gasteiger partial charge on any atom is 0.255 e. The van der Waals surface area contributed by atoms with Crippen molar-refractivity contribution in [1.29, 1.82) is 0 Å². The van der Waals surface area contributed by atoms with Crippen molar-refractivity contribution >= 4 is 33.0 Å². The summed E-state index contributed by atoms with van der Waals surface area (Å²) in [4.78, 5) is 19.7. The average Bonchev–Trinajstić information content (AvgIpc) is 2.86. The second kappa shape index (κ2) is 11.8. The average molecular weight is 529 g/mol. The molecule has 36 heavy (non-hydrogen) atoms. The molecular weight excluding hydrogens is 500 g/mol. The first-order valence-electron chi connectivity index (χ1n) is 11.7. The Morgan fingerprint density at radius 2 is 1.94 bits per heavy atom. The van der Waals surface area contributed by atoms with Gasteiger partial charge in [0.1, 0.15) is 12.4 Å². The van der Waals surface area contributed by atoms with Crippen molar-refractivity contribution in [3.8, 4) is 17.0 Å². The molecule has 0 saturated carbocycles. The fourth-order valence-corrected chi connectivity index (χ4v) is 4.99. The summed E-state index contributed by atoms with van der Waals surface area (Å²) in [6.07, 6.45) is 2.86. The summed E-state index contributed by atoms with van der Waals surface area (Å²) in [5.74, 6) is -0.113. The first kappa shape index (κ1) is 26.1. The molecule has 1 fully saturated rings. The Morgan fingerprint density at radius 1 is 1.14 bits per heavy atom. The first-order valence-corrected chi connectivity index (χ1v) is 14.1. The van der Waals surface area contributed by atoms with Crippen LogP contribution in [0.15, 0.2) is 60.8 Å². The topological polar surface area (TPSA) is 101 Å². The molecule has 8 nitrogen and oxygen atoms in total. The van der Waals surface area contributed by atoms with E-state index in [4.69, 9.17) is 16.3 Å². The molecule has 0 radical (unpaired) electrons. The molecule has 1 saturated heterocycles. The Balaban J connectivity index is 1.51. The summed E-state index contributed by atoms with van der Waals surface area (Å²) in [6, 6.07) is 15.6. The molecule has 2 N–H and O–H groups in total. The summed E-state index contributed by atoms with van der Waals surface area (Å²) in [5, 5.41) is 6.72. The number of carbonyl (C=O) groups is 1. The predicted octanol–water partition coefficient (Wildman–Crippen LogP) is 3.48. The minimum Gasteiger partial charge on any atom is -0.492 e. The van der Waals surface area contributed by atoms with Crippen LogP contribution < -0.4 is 15.4 Å². The molecule has 4 rings (SSSR count). The van der Waals surface area contributed by atoms with Crippen LogP contribution in [0.2, 0.25) is 5.02 Å². The Bertz CT molecular complexity index is 1310. The zero-order chi connectivity index (χ0) is 25.5. The zero-order valence-electron chi connectivity index (χ0n) is 20.0. The Hall–Kier alpha value is -2.98. The van der Waals surface area contributed by atoms with Crippen LogP contribution in [0.1, 0.15) is 15.9 Å². The number of piperazine rings is 1. The lowest BCUT2D eigenvalue weighted by molar-refractivity contribution is 0.102. The molecule has 0 aliphatic carbocycles. The highest BCUT2D eigenvalue weighted by Gasteiger charge is 2.16. The number of rotatable bonds is 9. The molecule has 0 bridgehead atoms. The van der Waals surface area contributed by atoms with E-state index in [1.807, 2.05) is 18.2 Å². The largest absolute Gasteiger partial charge is 0.492 e.